The van der Waals surface area contributed by atoms with E-state index in [1.165, 1.54) is 37.2 Å². The van der Waals surface area contributed by atoms with E-state index in [1.807, 2.05) is 12.3 Å². The van der Waals surface area contributed by atoms with Crippen LogP contribution in [0, 0.1) is 11.7 Å². The van der Waals surface area contributed by atoms with E-state index in [1.54, 1.807) is 6.07 Å². The first-order valence-corrected chi connectivity index (χ1v) is 12.1. The number of likely N-dealkylation sites (tertiary alicyclic amines) is 1. The monoisotopic (exact) mass is 451 g/mol. The van der Waals surface area contributed by atoms with Gasteiger partial charge in [-0.2, -0.15) is 0 Å². The van der Waals surface area contributed by atoms with E-state index in [-0.39, 0.29) is 5.82 Å². The molecule has 2 atom stereocenters. The molecule has 0 bridgehead atoms. The van der Waals surface area contributed by atoms with Crippen LogP contribution in [0.2, 0.25) is 0 Å². The van der Waals surface area contributed by atoms with Crippen LogP contribution in [0.3, 0.4) is 0 Å². The highest BCUT2D eigenvalue weighted by Crippen LogP contribution is 2.31. The van der Waals surface area contributed by atoms with E-state index in [0.29, 0.717) is 24.1 Å². The lowest BCUT2D eigenvalue weighted by Gasteiger charge is -2.46. The first-order valence-electron chi connectivity index (χ1n) is 12.1. The Labute approximate surface area is 193 Å². The molecule has 1 aromatic carbocycles. The molecule has 0 aliphatic carbocycles. The average molecular weight is 452 g/mol. The lowest BCUT2D eigenvalue weighted by molar-refractivity contribution is 0.0716. The van der Waals surface area contributed by atoms with Crippen molar-refractivity contribution in [3.8, 4) is 5.88 Å². The van der Waals surface area contributed by atoms with Crippen LogP contribution in [0.1, 0.15) is 24.8 Å². The van der Waals surface area contributed by atoms with Crippen molar-refractivity contribution in [3.05, 3.63) is 47.9 Å². The van der Waals surface area contributed by atoms with E-state index < -0.39 is 0 Å². The van der Waals surface area contributed by atoms with Gasteiger partial charge in [-0.15, -0.1) is 0 Å². The highest BCUT2D eigenvalue weighted by molar-refractivity contribution is 5.88. The average Bonchev–Trinajstić information content (AvgIpc) is 3.23. The summed E-state index contributed by atoms with van der Waals surface area (Å²) in [4.78, 5) is 11.8. The number of hydrogen-bond acceptors (Lipinski definition) is 7. The number of fused-ring (bicyclic) bond motifs is 2. The molecule has 0 saturated carbocycles. The van der Waals surface area contributed by atoms with E-state index in [2.05, 4.69) is 30.9 Å². The van der Waals surface area contributed by atoms with Gasteiger partial charge in [-0.3, -0.25) is 9.80 Å². The summed E-state index contributed by atoms with van der Waals surface area (Å²) in [6.07, 6.45) is 5.51. The molecule has 2 aromatic heterocycles. The summed E-state index contributed by atoms with van der Waals surface area (Å²) >= 11 is 0. The maximum absolute atomic E-state index is 13.7. The maximum Gasteiger partial charge on any atom is 0.213 e. The zero-order chi connectivity index (χ0) is 22.2. The number of ether oxygens (including phenoxy) is 1. The van der Waals surface area contributed by atoms with Gasteiger partial charge in [0, 0.05) is 56.9 Å². The minimum absolute atomic E-state index is 0.258. The Kier molecular flexibility index (Phi) is 5.63. The normalized spacial score (nSPS) is 24.0. The Morgan fingerprint density at radius 1 is 1.06 bits per heavy atom. The van der Waals surface area contributed by atoms with Crippen LogP contribution >= 0.6 is 0 Å². The highest BCUT2D eigenvalue weighted by atomic mass is 19.1. The van der Waals surface area contributed by atoms with Crippen molar-refractivity contribution in [2.45, 2.75) is 31.8 Å². The molecule has 0 unspecified atom stereocenters. The van der Waals surface area contributed by atoms with Gasteiger partial charge in [0.25, 0.3) is 0 Å². The molecule has 3 aliphatic rings. The van der Waals surface area contributed by atoms with Gasteiger partial charge in [0.05, 0.1) is 12.0 Å². The fourth-order valence-electron chi connectivity index (χ4n) is 5.30. The zero-order valence-corrected chi connectivity index (χ0v) is 18.8. The number of anilines is 1. The molecule has 3 saturated heterocycles. The third-order valence-electron chi connectivity index (χ3n) is 7.34. The second kappa shape index (κ2) is 8.91. The van der Waals surface area contributed by atoms with Crippen LogP contribution in [-0.4, -0.2) is 71.9 Å². The lowest BCUT2D eigenvalue weighted by Crippen LogP contribution is -2.57. The van der Waals surface area contributed by atoms with Crippen LogP contribution in [0.4, 0.5) is 10.2 Å². The molecule has 5 heterocycles. The molecule has 3 aromatic rings. The third kappa shape index (κ3) is 4.42. The molecule has 3 aliphatic heterocycles. The standard InChI is InChI=1S/C25H30FN5O2/c26-20-4-6-23-22(12-20)25(28-33-23)31-11-10-30-15-19(2-5-21(30)16-31)17-32-24-7-3-18(13-27-24)14-29-8-1-9-29/h3-4,6-7,12-13,19,21H,1-2,5,8-11,14-17H2/t19-,21-/m1/s1. The predicted octanol–water partition coefficient (Wildman–Crippen LogP) is 3.55. The molecule has 0 N–H and O–H groups in total. The Morgan fingerprint density at radius 3 is 2.82 bits per heavy atom. The molecule has 174 valence electrons. The molecular weight excluding hydrogens is 421 g/mol. The highest BCUT2D eigenvalue weighted by Gasteiger charge is 2.34. The number of rotatable bonds is 6. The number of benzene rings is 1. The smallest absolute Gasteiger partial charge is 0.213 e. The Hall–Kier alpha value is -2.71. The predicted molar refractivity (Wildman–Crippen MR) is 124 cm³/mol. The van der Waals surface area contributed by atoms with Crippen LogP contribution in [0.5, 0.6) is 5.88 Å². The van der Waals surface area contributed by atoms with Gasteiger partial charge in [-0.1, -0.05) is 11.2 Å². The fraction of sp³-hybridized carbons (Fsp3) is 0.520. The number of aromatic nitrogens is 2. The molecule has 7 nitrogen and oxygen atoms in total. The van der Waals surface area contributed by atoms with Crippen molar-refractivity contribution in [2.24, 2.45) is 5.92 Å². The largest absolute Gasteiger partial charge is 0.477 e. The second-order valence-corrected chi connectivity index (χ2v) is 9.63. The van der Waals surface area contributed by atoms with Crippen molar-refractivity contribution in [1.82, 2.24) is 19.9 Å². The number of pyridine rings is 1. The second-order valence-electron chi connectivity index (χ2n) is 9.63. The molecular formula is C25H30FN5O2. The maximum atomic E-state index is 13.7. The van der Waals surface area contributed by atoms with Gasteiger partial charge >= 0.3 is 0 Å². The molecule has 0 amide bonds. The third-order valence-corrected chi connectivity index (χ3v) is 7.34. The summed E-state index contributed by atoms with van der Waals surface area (Å²) in [5.74, 6) is 1.74. The quantitative estimate of drug-likeness (QED) is 0.568. The van der Waals surface area contributed by atoms with Crippen LogP contribution in [0.15, 0.2) is 41.1 Å². The first kappa shape index (κ1) is 20.9. The fourth-order valence-corrected chi connectivity index (χ4v) is 5.30. The van der Waals surface area contributed by atoms with Crippen molar-refractivity contribution >= 4 is 16.8 Å². The van der Waals surface area contributed by atoms with Crippen molar-refractivity contribution in [2.75, 3.05) is 50.8 Å². The Morgan fingerprint density at radius 2 is 2.00 bits per heavy atom. The number of hydrogen-bond donors (Lipinski definition) is 0. The van der Waals surface area contributed by atoms with Crippen LogP contribution < -0.4 is 9.64 Å². The zero-order valence-electron chi connectivity index (χ0n) is 18.8. The topological polar surface area (TPSA) is 57.9 Å². The lowest BCUT2D eigenvalue weighted by atomic mass is 9.91. The number of piperazine rings is 1. The van der Waals surface area contributed by atoms with E-state index in [0.717, 1.165) is 62.6 Å². The van der Waals surface area contributed by atoms with E-state index in [4.69, 9.17) is 9.26 Å². The molecule has 8 heteroatoms. The number of piperidine rings is 1. The van der Waals surface area contributed by atoms with Gasteiger partial charge in [0.1, 0.15) is 5.82 Å². The van der Waals surface area contributed by atoms with Gasteiger partial charge in [0.2, 0.25) is 5.88 Å². The molecule has 0 spiro atoms. The Balaban J connectivity index is 1.01. The summed E-state index contributed by atoms with van der Waals surface area (Å²) in [7, 11) is 0. The van der Waals surface area contributed by atoms with Crippen molar-refractivity contribution in [3.63, 3.8) is 0 Å². The van der Waals surface area contributed by atoms with Gasteiger partial charge in [0.15, 0.2) is 11.4 Å². The molecule has 6 rings (SSSR count). The minimum Gasteiger partial charge on any atom is -0.477 e. The summed E-state index contributed by atoms with van der Waals surface area (Å²) in [6, 6.07) is 9.20. The van der Waals surface area contributed by atoms with Gasteiger partial charge in [-0.25, -0.2) is 9.37 Å². The van der Waals surface area contributed by atoms with Crippen LogP contribution in [0.25, 0.3) is 11.0 Å². The van der Waals surface area contributed by atoms with Crippen molar-refractivity contribution in [1.29, 1.82) is 0 Å². The summed E-state index contributed by atoms with van der Waals surface area (Å²) < 4.78 is 25.2. The summed E-state index contributed by atoms with van der Waals surface area (Å²) in [5.41, 5.74) is 1.89. The van der Waals surface area contributed by atoms with Crippen molar-refractivity contribution < 1.29 is 13.7 Å². The van der Waals surface area contributed by atoms with E-state index in [9.17, 15) is 4.39 Å². The molecule has 3 fully saturated rings. The van der Waals surface area contributed by atoms with Crippen LogP contribution in [-0.2, 0) is 6.54 Å². The van der Waals surface area contributed by atoms with Gasteiger partial charge in [-0.05, 0) is 56.1 Å². The number of halogens is 1. The SMILES string of the molecule is Fc1ccc2onc(N3CCN4C[C@H](COc5ccc(CN6CCC6)cn5)CC[C@@H]4C3)c2c1. The van der Waals surface area contributed by atoms with E-state index >= 15 is 0 Å². The minimum atomic E-state index is -0.258. The summed E-state index contributed by atoms with van der Waals surface area (Å²) in [5, 5.41) is 5.00. The first-order chi connectivity index (χ1) is 16.2. The Bertz CT molecular complexity index is 1100. The van der Waals surface area contributed by atoms with Gasteiger partial charge < -0.3 is 14.2 Å². The number of nitrogens with zero attached hydrogens (tertiary/aromatic N) is 5. The molecule has 0 radical (unpaired) electrons. The molecule has 33 heavy (non-hydrogen) atoms. The summed E-state index contributed by atoms with van der Waals surface area (Å²) in [6.45, 7) is 7.86.